The molecule has 1 saturated heterocycles. The van der Waals surface area contributed by atoms with Gasteiger partial charge in [-0.3, -0.25) is 14.5 Å². The van der Waals surface area contributed by atoms with Crippen LogP contribution >= 0.6 is 11.6 Å². The van der Waals surface area contributed by atoms with E-state index in [4.69, 9.17) is 16.3 Å². The lowest BCUT2D eigenvalue weighted by atomic mass is 9.95. The van der Waals surface area contributed by atoms with Gasteiger partial charge < -0.3 is 14.9 Å². The first-order valence-electron chi connectivity index (χ1n) is 10.8. The molecule has 0 bridgehead atoms. The minimum absolute atomic E-state index is 0.000953. The zero-order chi connectivity index (χ0) is 25.3. The van der Waals surface area contributed by atoms with E-state index in [1.54, 1.807) is 62.4 Å². The summed E-state index contributed by atoms with van der Waals surface area (Å²) in [6.07, 6.45) is -0.338. The van der Waals surface area contributed by atoms with E-state index in [0.717, 1.165) is 0 Å². The minimum atomic E-state index is -1.02. The maximum absolute atomic E-state index is 13.3. The summed E-state index contributed by atoms with van der Waals surface area (Å²) in [5, 5.41) is 21.2. The molecule has 0 aromatic heterocycles. The van der Waals surface area contributed by atoms with Crippen molar-refractivity contribution < 1.29 is 29.3 Å². The summed E-state index contributed by atoms with van der Waals surface area (Å²) < 4.78 is 5.26. The van der Waals surface area contributed by atoms with Crippen LogP contribution in [0.5, 0.6) is 5.75 Å². The average molecular weight is 492 g/mol. The van der Waals surface area contributed by atoms with Crippen LogP contribution in [-0.2, 0) is 14.3 Å². The van der Waals surface area contributed by atoms with E-state index < -0.39 is 23.7 Å². The number of rotatable bonds is 5. The SMILES string of the molecule is CC(C)OC(=O)c1cccc(N2C(=O)C(=O)/C(=C(/O)c3cccc(Cl)c3)C2c2ccc(O)cc2)c1. The first-order valence-corrected chi connectivity index (χ1v) is 11.2. The second-order valence-corrected chi connectivity index (χ2v) is 8.71. The van der Waals surface area contributed by atoms with E-state index in [0.29, 0.717) is 10.6 Å². The van der Waals surface area contributed by atoms with E-state index in [1.807, 2.05) is 0 Å². The van der Waals surface area contributed by atoms with Gasteiger partial charge in [-0.25, -0.2) is 4.79 Å². The normalized spacial score (nSPS) is 17.1. The van der Waals surface area contributed by atoms with Gasteiger partial charge in [0, 0.05) is 16.3 Å². The van der Waals surface area contributed by atoms with Crippen LogP contribution in [0, 0.1) is 0 Å². The van der Waals surface area contributed by atoms with Crippen molar-refractivity contribution in [1.82, 2.24) is 0 Å². The molecule has 1 fully saturated rings. The van der Waals surface area contributed by atoms with Crippen molar-refractivity contribution in [3.8, 4) is 5.75 Å². The molecule has 7 nitrogen and oxygen atoms in total. The van der Waals surface area contributed by atoms with Gasteiger partial charge in [0.1, 0.15) is 11.5 Å². The van der Waals surface area contributed by atoms with Gasteiger partial charge in [0.15, 0.2) is 0 Å². The Morgan fingerprint density at radius 1 is 0.971 bits per heavy atom. The molecular weight excluding hydrogens is 470 g/mol. The summed E-state index contributed by atoms with van der Waals surface area (Å²) in [7, 11) is 0. The van der Waals surface area contributed by atoms with Crippen LogP contribution in [-0.4, -0.2) is 34.0 Å². The van der Waals surface area contributed by atoms with Gasteiger partial charge in [0.05, 0.1) is 23.3 Å². The fourth-order valence-corrected chi connectivity index (χ4v) is 4.12. The van der Waals surface area contributed by atoms with E-state index in [2.05, 4.69) is 0 Å². The van der Waals surface area contributed by atoms with Crippen LogP contribution in [0.25, 0.3) is 5.76 Å². The second-order valence-electron chi connectivity index (χ2n) is 8.28. The Bertz CT molecular complexity index is 1350. The van der Waals surface area contributed by atoms with Gasteiger partial charge in [0.2, 0.25) is 0 Å². The summed E-state index contributed by atoms with van der Waals surface area (Å²) in [4.78, 5) is 40.2. The van der Waals surface area contributed by atoms with Crippen molar-refractivity contribution in [2.75, 3.05) is 4.90 Å². The molecular formula is C27H22ClNO6. The summed E-state index contributed by atoms with van der Waals surface area (Å²) >= 11 is 6.07. The summed E-state index contributed by atoms with van der Waals surface area (Å²) in [6, 6.07) is 17.4. The minimum Gasteiger partial charge on any atom is -0.508 e. The molecule has 0 aliphatic carbocycles. The Balaban J connectivity index is 1.89. The van der Waals surface area contributed by atoms with Crippen LogP contribution in [0.15, 0.2) is 78.4 Å². The van der Waals surface area contributed by atoms with Gasteiger partial charge in [-0.05, 0) is 61.9 Å². The van der Waals surface area contributed by atoms with Crippen molar-refractivity contribution in [3.63, 3.8) is 0 Å². The van der Waals surface area contributed by atoms with Gasteiger partial charge in [-0.1, -0.05) is 41.9 Å². The van der Waals surface area contributed by atoms with E-state index in [1.165, 1.54) is 29.2 Å². The fourth-order valence-electron chi connectivity index (χ4n) is 3.93. The highest BCUT2D eigenvalue weighted by Gasteiger charge is 2.47. The van der Waals surface area contributed by atoms with Crippen LogP contribution in [0.1, 0.15) is 41.4 Å². The van der Waals surface area contributed by atoms with Gasteiger partial charge in [0.25, 0.3) is 11.7 Å². The topological polar surface area (TPSA) is 104 Å². The molecule has 0 spiro atoms. The number of Topliss-reactive ketones (excluding diaryl/α,β-unsaturated/α-hetero) is 1. The van der Waals surface area contributed by atoms with Gasteiger partial charge in [-0.15, -0.1) is 0 Å². The highest BCUT2D eigenvalue weighted by atomic mass is 35.5. The first-order chi connectivity index (χ1) is 16.7. The number of phenols is 1. The number of nitrogens with zero attached hydrogens (tertiary/aromatic N) is 1. The number of hydrogen-bond acceptors (Lipinski definition) is 6. The third-order valence-electron chi connectivity index (χ3n) is 5.45. The van der Waals surface area contributed by atoms with Crippen LogP contribution in [0.3, 0.4) is 0 Å². The molecule has 1 aliphatic rings. The number of aromatic hydroxyl groups is 1. The number of amides is 1. The maximum atomic E-state index is 13.3. The van der Waals surface area contributed by atoms with Crippen molar-refractivity contribution >= 4 is 40.7 Å². The molecule has 4 rings (SSSR count). The smallest absolute Gasteiger partial charge is 0.338 e. The lowest BCUT2D eigenvalue weighted by molar-refractivity contribution is -0.132. The molecule has 3 aromatic carbocycles. The maximum Gasteiger partial charge on any atom is 0.338 e. The lowest BCUT2D eigenvalue weighted by Gasteiger charge is -2.26. The van der Waals surface area contributed by atoms with Crippen molar-refractivity contribution in [2.45, 2.75) is 26.0 Å². The third-order valence-corrected chi connectivity index (χ3v) is 5.69. The predicted molar refractivity (Wildman–Crippen MR) is 131 cm³/mol. The van der Waals surface area contributed by atoms with Crippen molar-refractivity contribution in [2.24, 2.45) is 0 Å². The zero-order valence-electron chi connectivity index (χ0n) is 18.9. The van der Waals surface area contributed by atoms with Crippen LogP contribution in [0.2, 0.25) is 5.02 Å². The zero-order valence-corrected chi connectivity index (χ0v) is 19.7. The molecule has 0 radical (unpaired) electrons. The monoisotopic (exact) mass is 491 g/mol. The van der Waals surface area contributed by atoms with E-state index in [9.17, 15) is 24.6 Å². The van der Waals surface area contributed by atoms with Crippen molar-refractivity contribution in [3.05, 3.63) is 100 Å². The number of phenolic OH excluding ortho intramolecular Hbond substituents is 1. The first kappa shape index (κ1) is 24.0. The third kappa shape index (κ3) is 4.76. The van der Waals surface area contributed by atoms with Crippen LogP contribution < -0.4 is 4.90 Å². The van der Waals surface area contributed by atoms with Gasteiger partial charge in [-0.2, -0.15) is 0 Å². The summed E-state index contributed by atoms with van der Waals surface area (Å²) in [5.74, 6) is -2.73. The Morgan fingerprint density at radius 3 is 2.29 bits per heavy atom. The number of esters is 1. The molecule has 35 heavy (non-hydrogen) atoms. The second kappa shape index (κ2) is 9.64. The Kier molecular flexibility index (Phi) is 6.62. The summed E-state index contributed by atoms with van der Waals surface area (Å²) in [5.41, 5.74) is 1.08. The van der Waals surface area contributed by atoms with Crippen molar-refractivity contribution in [1.29, 1.82) is 0 Å². The Hall–Kier alpha value is -4.10. The number of benzene rings is 3. The molecule has 1 heterocycles. The number of ketones is 1. The van der Waals surface area contributed by atoms with E-state index in [-0.39, 0.29) is 40.0 Å². The number of carbonyl (C=O) groups is 3. The standard InChI is InChI=1S/C27H22ClNO6/c1-15(2)35-27(34)18-6-4-8-20(14-18)29-23(16-9-11-21(30)12-10-16)22(25(32)26(29)33)24(31)17-5-3-7-19(28)13-17/h3-15,23,30-31H,1-2H3/b24-22+. The molecule has 178 valence electrons. The van der Waals surface area contributed by atoms with Gasteiger partial charge >= 0.3 is 5.97 Å². The van der Waals surface area contributed by atoms with E-state index >= 15 is 0 Å². The number of halogens is 1. The molecule has 1 atom stereocenters. The average Bonchev–Trinajstić information content (AvgIpc) is 3.09. The number of carbonyl (C=O) groups excluding carboxylic acids is 3. The molecule has 2 N–H and O–H groups in total. The lowest BCUT2D eigenvalue weighted by Crippen LogP contribution is -2.29. The Labute approximate surface area is 206 Å². The number of aliphatic hydroxyl groups excluding tert-OH is 1. The molecule has 1 amide bonds. The molecule has 3 aromatic rings. The predicted octanol–water partition coefficient (Wildman–Crippen LogP) is 5.24. The number of ether oxygens (including phenoxy) is 1. The highest BCUT2D eigenvalue weighted by Crippen LogP contribution is 2.42. The molecule has 1 unspecified atom stereocenters. The quantitative estimate of drug-likeness (QED) is 0.219. The number of hydrogen-bond donors (Lipinski definition) is 2. The number of anilines is 1. The number of aliphatic hydroxyl groups is 1. The largest absolute Gasteiger partial charge is 0.508 e. The molecule has 0 saturated carbocycles. The molecule has 1 aliphatic heterocycles. The highest BCUT2D eigenvalue weighted by molar-refractivity contribution is 6.51. The fraction of sp³-hybridized carbons (Fsp3) is 0.148. The van der Waals surface area contributed by atoms with Crippen LogP contribution in [0.4, 0.5) is 5.69 Å². The molecule has 8 heteroatoms. The summed E-state index contributed by atoms with van der Waals surface area (Å²) in [6.45, 7) is 3.45. The Morgan fingerprint density at radius 2 is 1.63 bits per heavy atom.